The van der Waals surface area contributed by atoms with Gasteiger partial charge in [0.15, 0.2) is 0 Å². The summed E-state index contributed by atoms with van der Waals surface area (Å²) < 4.78 is 34.2. The maximum atomic E-state index is 13.0. The maximum Gasteiger partial charge on any atom is 0.238 e. The van der Waals surface area contributed by atoms with Gasteiger partial charge in [-0.15, -0.1) is 0 Å². The van der Waals surface area contributed by atoms with Gasteiger partial charge in [-0.1, -0.05) is 25.3 Å². The van der Waals surface area contributed by atoms with Gasteiger partial charge in [0, 0.05) is 43.3 Å². The first-order valence-corrected chi connectivity index (χ1v) is 13.4. The van der Waals surface area contributed by atoms with E-state index in [2.05, 4.69) is 36.0 Å². The van der Waals surface area contributed by atoms with Crippen molar-refractivity contribution >= 4 is 32.4 Å². The highest BCUT2D eigenvalue weighted by molar-refractivity contribution is 7.93. The predicted octanol–water partition coefficient (Wildman–Crippen LogP) is 3.18. The normalized spacial score (nSPS) is 17.6. The fourth-order valence-corrected chi connectivity index (χ4v) is 6.38. The molecule has 34 heavy (non-hydrogen) atoms. The zero-order chi connectivity index (χ0) is 23.5. The molecule has 1 aliphatic heterocycles. The van der Waals surface area contributed by atoms with Gasteiger partial charge in [-0.2, -0.15) is 0 Å². The standard InChI is InChI=1S/C24H30N6O3S/c1-33-24-22(29-34(31,32)19-5-3-2-4-6-19)14-18(15-26-24)17-7-8-21-20(13-17)23(28-16-27-21)30-11-9-25-10-12-30/h7-8,13-16,19,25,29H,2-6,9-12H2,1H3. The van der Waals surface area contributed by atoms with Crippen LogP contribution in [0.3, 0.4) is 0 Å². The van der Waals surface area contributed by atoms with E-state index in [1.54, 1.807) is 18.6 Å². The molecule has 9 nitrogen and oxygen atoms in total. The second-order valence-corrected chi connectivity index (χ2v) is 10.8. The molecule has 0 radical (unpaired) electrons. The molecule has 0 unspecified atom stereocenters. The molecule has 5 rings (SSSR count). The summed E-state index contributed by atoms with van der Waals surface area (Å²) in [5.41, 5.74) is 2.93. The second kappa shape index (κ2) is 9.71. The molecule has 1 aliphatic carbocycles. The first-order valence-electron chi connectivity index (χ1n) is 11.8. The smallest absolute Gasteiger partial charge is 0.238 e. The molecule has 0 atom stereocenters. The number of piperazine rings is 1. The first-order chi connectivity index (χ1) is 16.5. The van der Waals surface area contributed by atoms with Crippen molar-refractivity contribution in [2.24, 2.45) is 0 Å². The molecule has 2 fully saturated rings. The van der Waals surface area contributed by atoms with Crippen LogP contribution in [0.1, 0.15) is 32.1 Å². The SMILES string of the molecule is COc1ncc(-c2ccc3ncnc(N4CCNCC4)c3c2)cc1NS(=O)(=O)C1CCCCC1. The van der Waals surface area contributed by atoms with E-state index >= 15 is 0 Å². The van der Waals surface area contributed by atoms with Gasteiger partial charge in [-0.3, -0.25) is 4.72 Å². The Balaban J connectivity index is 1.50. The highest BCUT2D eigenvalue weighted by atomic mass is 32.2. The van der Waals surface area contributed by atoms with Gasteiger partial charge in [0.2, 0.25) is 15.9 Å². The molecule has 2 aromatic heterocycles. The van der Waals surface area contributed by atoms with Crippen molar-refractivity contribution in [3.05, 3.63) is 36.8 Å². The Labute approximate surface area is 200 Å². The number of anilines is 2. The van der Waals surface area contributed by atoms with Gasteiger partial charge in [-0.05, 0) is 36.6 Å². The molecule has 0 amide bonds. The number of fused-ring (bicyclic) bond motifs is 1. The van der Waals surface area contributed by atoms with E-state index in [9.17, 15) is 8.42 Å². The number of benzene rings is 1. The number of aromatic nitrogens is 3. The summed E-state index contributed by atoms with van der Waals surface area (Å²) in [6.07, 6.45) is 7.65. The van der Waals surface area contributed by atoms with Crippen LogP contribution in [0.4, 0.5) is 11.5 Å². The van der Waals surface area contributed by atoms with Gasteiger partial charge < -0.3 is 15.0 Å². The Bertz CT molecular complexity index is 1270. The summed E-state index contributed by atoms with van der Waals surface area (Å²) in [6, 6.07) is 7.78. The molecule has 3 heterocycles. The topological polar surface area (TPSA) is 109 Å². The van der Waals surface area contributed by atoms with E-state index in [0.717, 1.165) is 73.3 Å². The molecular formula is C24H30N6O3S. The minimum Gasteiger partial charge on any atom is -0.480 e. The molecule has 180 valence electrons. The highest BCUT2D eigenvalue weighted by Gasteiger charge is 2.28. The number of nitrogens with one attached hydrogen (secondary N) is 2. The number of ether oxygens (including phenoxy) is 1. The van der Waals surface area contributed by atoms with Crippen LogP contribution < -0.4 is 19.7 Å². The van der Waals surface area contributed by atoms with E-state index < -0.39 is 10.0 Å². The monoisotopic (exact) mass is 482 g/mol. The molecular weight excluding hydrogens is 452 g/mol. The van der Waals surface area contributed by atoms with Crippen LogP contribution in [-0.2, 0) is 10.0 Å². The third-order valence-electron chi connectivity index (χ3n) is 6.65. The minimum absolute atomic E-state index is 0.258. The van der Waals surface area contributed by atoms with E-state index in [4.69, 9.17) is 4.74 Å². The summed E-state index contributed by atoms with van der Waals surface area (Å²) in [6.45, 7) is 3.59. The Morgan fingerprint density at radius 3 is 2.59 bits per heavy atom. The van der Waals surface area contributed by atoms with Gasteiger partial charge in [-0.25, -0.2) is 23.4 Å². The van der Waals surface area contributed by atoms with Gasteiger partial charge >= 0.3 is 0 Å². The van der Waals surface area contributed by atoms with Crippen molar-refractivity contribution in [3.8, 4) is 17.0 Å². The van der Waals surface area contributed by atoms with Crippen molar-refractivity contribution in [2.75, 3.05) is 42.9 Å². The number of rotatable bonds is 6. The lowest BCUT2D eigenvalue weighted by atomic mass is 10.0. The molecule has 3 aromatic rings. The summed E-state index contributed by atoms with van der Waals surface area (Å²) in [7, 11) is -2.03. The van der Waals surface area contributed by atoms with E-state index in [1.807, 2.05) is 12.1 Å². The number of methoxy groups -OCH3 is 1. The molecule has 0 bridgehead atoms. The largest absolute Gasteiger partial charge is 0.480 e. The van der Waals surface area contributed by atoms with Gasteiger partial charge in [0.05, 0.1) is 17.9 Å². The summed E-state index contributed by atoms with van der Waals surface area (Å²) in [5, 5.41) is 3.95. The van der Waals surface area contributed by atoms with Crippen molar-refractivity contribution in [2.45, 2.75) is 37.4 Å². The minimum atomic E-state index is -3.53. The van der Waals surface area contributed by atoms with E-state index in [1.165, 1.54) is 7.11 Å². The predicted molar refractivity (Wildman–Crippen MR) is 134 cm³/mol. The fourth-order valence-electron chi connectivity index (χ4n) is 4.81. The molecule has 2 aliphatic rings. The van der Waals surface area contributed by atoms with Crippen LogP contribution in [0.15, 0.2) is 36.8 Å². The lowest BCUT2D eigenvalue weighted by Crippen LogP contribution is -2.44. The van der Waals surface area contributed by atoms with Gasteiger partial charge in [0.1, 0.15) is 17.8 Å². The molecule has 0 spiro atoms. The molecule has 2 N–H and O–H groups in total. The summed E-state index contributed by atoms with van der Waals surface area (Å²) >= 11 is 0. The van der Waals surface area contributed by atoms with Crippen LogP contribution in [0.2, 0.25) is 0 Å². The average molecular weight is 483 g/mol. The molecule has 1 saturated heterocycles. The number of pyridine rings is 1. The van der Waals surface area contributed by atoms with Crippen molar-refractivity contribution in [1.29, 1.82) is 0 Å². The Hall–Kier alpha value is -2.98. The summed E-state index contributed by atoms with van der Waals surface area (Å²) in [4.78, 5) is 15.7. The Morgan fingerprint density at radius 1 is 1.03 bits per heavy atom. The van der Waals surface area contributed by atoms with E-state index in [-0.39, 0.29) is 11.1 Å². The van der Waals surface area contributed by atoms with Crippen LogP contribution in [-0.4, -0.2) is 61.9 Å². The van der Waals surface area contributed by atoms with Crippen LogP contribution in [0.5, 0.6) is 5.88 Å². The zero-order valence-corrected chi connectivity index (χ0v) is 20.1. The van der Waals surface area contributed by atoms with Crippen LogP contribution >= 0.6 is 0 Å². The van der Waals surface area contributed by atoms with Crippen molar-refractivity contribution in [1.82, 2.24) is 20.3 Å². The Morgan fingerprint density at radius 2 is 1.82 bits per heavy atom. The molecule has 10 heteroatoms. The second-order valence-electron chi connectivity index (χ2n) is 8.85. The fraction of sp³-hybridized carbons (Fsp3) is 0.458. The first kappa shape index (κ1) is 22.8. The average Bonchev–Trinajstić information content (AvgIpc) is 2.89. The number of nitrogens with zero attached hydrogens (tertiary/aromatic N) is 4. The number of hydrogen-bond acceptors (Lipinski definition) is 8. The third-order valence-corrected chi connectivity index (χ3v) is 8.51. The molecule has 1 aromatic carbocycles. The lowest BCUT2D eigenvalue weighted by molar-refractivity contribution is 0.400. The Kier molecular flexibility index (Phi) is 6.51. The van der Waals surface area contributed by atoms with Crippen molar-refractivity contribution < 1.29 is 13.2 Å². The zero-order valence-electron chi connectivity index (χ0n) is 19.3. The lowest BCUT2D eigenvalue weighted by Gasteiger charge is -2.29. The van der Waals surface area contributed by atoms with Crippen molar-refractivity contribution in [3.63, 3.8) is 0 Å². The summed E-state index contributed by atoms with van der Waals surface area (Å²) in [5.74, 6) is 1.17. The van der Waals surface area contributed by atoms with Gasteiger partial charge in [0.25, 0.3) is 0 Å². The maximum absolute atomic E-state index is 13.0. The van der Waals surface area contributed by atoms with E-state index in [0.29, 0.717) is 18.5 Å². The highest BCUT2D eigenvalue weighted by Crippen LogP contribution is 2.34. The third kappa shape index (κ3) is 4.65. The number of sulfonamides is 1. The van der Waals surface area contributed by atoms with Crippen LogP contribution in [0.25, 0.3) is 22.0 Å². The molecule has 1 saturated carbocycles. The quantitative estimate of drug-likeness (QED) is 0.551. The van der Waals surface area contributed by atoms with Crippen LogP contribution in [0, 0.1) is 0 Å². The number of hydrogen-bond donors (Lipinski definition) is 2.